The number of fused-ring (bicyclic) bond motifs is 1. The maximum Gasteiger partial charge on any atom is 0.279 e. The van der Waals surface area contributed by atoms with Crippen molar-refractivity contribution in [1.82, 2.24) is 15.6 Å². The molecule has 7 nitrogen and oxygen atoms in total. The van der Waals surface area contributed by atoms with Crippen molar-refractivity contribution in [1.29, 1.82) is 0 Å². The highest BCUT2D eigenvalue weighted by Crippen LogP contribution is 2.29. The molecule has 0 fully saturated rings. The molecule has 10 heteroatoms. The van der Waals surface area contributed by atoms with Crippen LogP contribution in [-0.4, -0.2) is 38.3 Å². The average molecular weight is 496 g/mol. The SMILES string of the molecule is CSCCC(NS(=O)(=O)c1cc(C)ccc1C)C(=O)NNC(=O)c1cc2c(s1)CCCC2. The van der Waals surface area contributed by atoms with Crippen molar-refractivity contribution in [3.63, 3.8) is 0 Å². The second-order valence-corrected chi connectivity index (χ2v) is 11.7. The lowest BCUT2D eigenvalue weighted by Gasteiger charge is -2.19. The van der Waals surface area contributed by atoms with Gasteiger partial charge in [-0.05, 0) is 86.8 Å². The summed E-state index contributed by atoms with van der Waals surface area (Å²) in [6.45, 7) is 3.53. The van der Waals surface area contributed by atoms with Crippen LogP contribution in [0.2, 0.25) is 0 Å². The Morgan fingerprint density at radius 1 is 1.12 bits per heavy atom. The number of aryl methyl sites for hydroxylation is 4. The van der Waals surface area contributed by atoms with Gasteiger partial charge in [0.15, 0.2) is 0 Å². The summed E-state index contributed by atoms with van der Waals surface area (Å²) in [6, 6.07) is 6.03. The van der Waals surface area contributed by atoms with E-state index in [1.807, 2.05) is 25.3 Å². The van der Waals surface area contributed by atoms with Crippen LogP contribution in [-0.2, 0) is 27.7 Å². The fourth-order valence-corrected chi connectivity index (χ4v) is 6.78. The van der Waals surface area contributed by atoms with Crippen LogP contribution in [0.5, 0.6) is 0 Å². The third-order valence-corrected chi connectivity index (χ3v) is 8.87. The molecule has 1 aromatic carbocycles. The maximum absolute atomic E-state index is 13.0. The molecule has 174 valence electrons. The lowest BCUT2D eigenvalue weighted by Crippen LogP contribution is -2.52. The standard InChI is InChI=1S/C22H29N3O4S3/c1-14-8-9-15(2)20(12-14)32(28,29)25-17(10-11-30-3)21(26)23-24-22(27)19-13-16-6-4-5-7-18(16)31-19/h8-9,12-13,17,25H,4-7,10-11H2,1-3H3,(H,23,26)(H,24,27). The number of hydrogen-bond donors (Lipinski definition) is 3. The van der Waals surface area contributed by atoms with Crippen LogP contribution in [0.15, 0.2) is 29.2 Å². The predicted molar refractivity (Wildman–Crippen MR) is 130 cm³/mol. The van der Waals surface area contributed by atoms with Crippen molar-refractivity contribution in [2.24, 2.45) is 0 Å². The van der Waals surface area contributed by atoms with Crippen LogP contribution in [0.4, 0.5) is 0 Å². The first-order valence-electron chi connectivity index (χ1n) is 10.5. The average Bonchev–Trinajstić information content (AvgIpc) is 3.20. The van der Waals surface area contributed by atoms with E-state index < -0.39 is 27.9 Å². The summed E-state index contributed by atoms with van der Waals surface area (Å²) in [5.41, 5.74) is 7.46. The summed E-state index contributed by atoms with van der Waals surface area (Å²) in [4.78, 5) is 27.2. The number of amides is 2. The molecule has 1 aliphatic carbocycles. The molecule has 2 aromatic rings. The number of nitrogens with one attached hydrogen (secondary N) is 3. The fraction of sp³-hybridized carbons (Fsp3) is 0.455. The molecule has 1 atom stereocenters. The number of benzene rings is 1. The molecule has 1 aliphatic rings. The normalized spacial score (nSPS) is 14.5. The molecule has 1 aromatic heterocycles. The third-order valence-electron chi connectivity index (χ3n) is 5.38. The van der Waals surface area contributed by atoms with E-state index in [9.17, 15) is 18.0 Å². The van der Waals surface area contributed by atoms with Crippen molar-refractivity contribution in [3.05, 3.63) is 50.7 Å². The van der Waals surface area contributed by atoms with Crippen LogP contribution < -0.4 is 15.6 Å². The maximum atomic E-state index is 13.0. The Morgan fingerprint density at radius 3 is 2.59 bits per heavy atom. The van der Waals surface area contributed by atoms with Gasteiger partial charge in [0.2, 0.25) is 10.0 Å². The first-order valence-corrected chi connectivity index (χ1v) is 14.2. The number of sulfonamides is 1. The second-order valence-electron chi connectivity index (χ2n) is 7.93. The van der Waals surface area contributed by atoms with Gasteiger partial charge >= 0.3 is 0 Å². The van der Waals surface area contributed by atoms with Crippen molar-refractivity contribution >= 4 is 44.9 Å². The summed E-state index contributed by atoms with van der Waals surface area (Å²) in [7, 11) is -3.91. The minimum absolute atomic E-state index is 0.146. The molecule has 0 aliphatic heterocycles. The smallest absolute Gasteiger partial charge is 0.271 e. The van der Waals surface area contributed by atoms with Gasteiger partial charge in [0.25, 0.3) is 11.8 Å². The molecule has 2 amide bonds. The van der Waals surface area contributed by atoms with Gasteiger partial charge in [-0.1, -0.05) is 12.1 Å². The summed E-state index contributed by atoms with van der Waals surface area (Å²) in [5, 5.41) is 0. The molecule has 0 spiro atoms. The van der Waals surface area contributed by atoms with Crippen LogP contribution in [0.3, 0.4) is 0 Å². The van der Waals surface area contributed by atoms with Gasteiger partial charge in [0.05, 0.1) is 9.77 Å². The zero-order chi connectivity index (χ0) is 23.3. The quantitative estimate of drug-likeness (QED) is 0.488. The molecule has 0 saturated carbocycles. The lowest BCUT2D eigenvalue weighted by atomic mass is 9.99. The molecule has 0 bridgehead atoms. The molecule has 0 radical (unpaired) electrons. The number of carbonyl (C=O) groups is 2. The fourth-order valence-electron chi connectivity index (χ4n) is 3.60. The van der Waals surface area contributed by atoms with E-state index in [4.69, 9.17) is 0 Å². The predicted octanol–water partition coefficient (Wildman–Crippen LogP) is 3.10. The van der Waals surface area contributed by atoms with Gasteiger partial charge < -0.3 is 0 Å². The first kappa shape index (κ1) is 24.8. The highest BCUT2D eigenvalue weighted by molar-refractivity contribution is 7.98. The highest BCUT2D eigenvalue weighted by Gasteiger charge is 2.27. The molecule has 0 saturated heterocycles. The van der Waals surface area contributed by atoms with E-state index >= 15 is 0 Å². The number of rotatable bonds is 8. The van der Waals surface area contributed by atoms with Crippen molar-refractivity contribution in [2.75, 3.05) is 12.0 Å². The van der Waals surface area contributed by atoms with E-state index in [0.29, 0.717) is 22.6 Å². The van der Waals surface area contributed by atoms with Gasteiger partial charge in [-0.15, -0.1) is 11.3 Å². The molecule has 1 heterocycles. The van der Waals surface area contributed by atoms with E-state index in [2.05, 4.69) is 15.6 Å². The Hall–Kier alpha value is -1.88. The zero-order valence-electron chi connectivity index (χ0n) is 18.5. The van der Waals surface area contributed by atoms with Crippen LogP contribution in [0.25, 0.3) is 0 Å². The number of carbonyl (C=O) groups excluding carboxylic acids is 2. The van der Waals surface area contributed by atoms with Crippen molar-refractivity contribution in [3.8, 4) is 0 Å². The molecule has 1 unspecified atom stereocenters. The van der Waals surface area contributed by atoms with Gasteiger partial charge in [-0.25, -0.2) is 8.42 Å². The van der Waals surface area contributed by atoms with Crippen LogP contribution >= 0.6 is 23.1 Å². The van der Waals surface area contributed by atoms with E-state index in [1.165, 1.54) is 33.5 Å². The van der Waals surface area contributed by atoms with Crippen molar-refractivity contribution in [2.45, 2.75) is 56.9 Å². The van der Waals surface area contributed by atoms with E-state index in [0.717, 1.165) is 31.2 Å². The Kier molecular flexibility index (Phi) is 8.37. The largest absolute Gasteiger partial charge is 0.279 e. The minimum atomic E-state index is -3.91. The Morgan fingerprint density at radius 2 is 1.88 bits per heavy atom. The van der Waals surface area contributed by atoms with Gasteiger partial charge in [0.1, 0.15) is 6.04 Å². The van der Waals surface area contributed by atoms with Gasteiger partial charge in [-0.3, -0.25) is 20.4 Å². The highest BCUT2D eigenvalue weighted by atomic mass is 32.2. The molecular formula is C22H29N3O4S3. The van der Waals surface area contributed by atoms with Crippen LogP contribution in [0, 0.1) is 13.8 Å². The van der Waals surface area contributed by atoms with Gasteiger partial charge in [0, 0.05) is 4.88 Å². The van der Waals surface area contributed by atoms with E-state index in [-0.39, 0.29) is 4.90 Å². The lowest BCUT2D eigenvalue weighted by molar-refractivity contribution is -0.123. The number of hydrogen-bond acceptors (Lipinski definition) is 6. The number of thiophene rings is 1. The minimum Gasteiger partial charge on any atom is -0.271 e. The second kappa shape index (κ2) is 10.8. The Labute approximate surface area is 197 Å². The molecular weight excluding hydrogens is 466 g/mol. The number of hydrazine groups is 1. The van der Waals surface area contributed by atoms with Gasteiger partial charge in [-0.2, -0.15) is 16.5 Å². The number of thioether (sulfide) groups is 1. The monoisotopic (exact) mass is 495 g/mol. The summed E-state index contributed by atoms with van der Waals surface area (Å²) < 4.78 is 28.5. The van der Waals surface area contributed by atoms with Crippen molar-refractivity contribution < 1.29 is 18.0 Å². The summed E-state index contributed by atoms with van der Waals surface area (Å²) in [6.07, 6.45) is 6.38. The zero-order valence-corrected chi connectivity index (χ0v) is 20.9. The Bertz CT molecular complexity index is 1070. The van der Waals surface area contributed by atoms with E-state index in [1.54, 1.807) is 19.1 Å². The topological polar surface area (TPSA) is 104 Å². The summed E-state index contributed by atoms with van der Waals surface area (Å²) >= 11 is 2.96. The molecule has 32 heavy (non-hydrogen) atoms. The third kappa shape index (κ3) is 6.12. The summed E-state index contributed by atoms with van der Waals surface area (Å²) in [5.74, 6) is -0.403. The van der Waals surface area contributed by atoms with Crippen LogP contribution in [0.1, 0.15) is 50.5 Å². The molecule has 3 rings (SSSR count). The molecule has 3 N–H and O–H groups in total. The first-order chi connectivity index (χ1) is 15.2. The Balaban J connectivity index is 1.68.